The number of alkyl halides is 3. The third-order valence-corrected chi connectivity index (χ3v) is 3.42. The maximum atomic E-state index is 12.7. The van der Waals surface area contributed by atoms with Crippen molar-refractivity contribution < 1.29 is 18.3 Å². The smallest absolute Gasteiger partial charge is 0.396 e. The number of anilines is 1. The molecule has 18 heavy (non-hydrogen) atoms. The Balaban J connectivity index is 2.27. The van der Waals surface area contributed by atoms with E-state index >= 15 is 0 Å². The van der Waals surface area contributed by atoms with Crippen LogP contribution in [0.25, 0.3) is 0 Å². The third kappa shape index (κ3) is 2.61. The normalized spacial score (nSPS) is 20.5. The van der Waals surface area contributed by atoms with E-state index < -0.39 is 11.7 Å². The molecular formula is C13H16F3NO. The van der Waals surface area contributed by atoms with Gasteiger partial charge in [0, 0.05) is 31.3 Å². The fourth-order valence-corrected chi connectivity index (χ4v) is 2.33. The number of hydrogen-bond acceptors (Lipinski definition) is 2. The summed E-state index contributed by atoms with van der Waals surface area (Å²) in [4.78, 5) is 1.92. The van der Waals surface area contributed by atoms with Crippen LogP contribution in [0.3, 0.4) is 0 Å². The minimum Gasteiger partial charge on any atom is -0.396 e. The monoisotopic (exact) mass is 259 g/mol. The molecule has 0 amide bonds. The first-order chi connectivity index (χ1) is 8.41. The minimum absolute atomic E-state index is 0.0918. The van der Waals surface area contributed by atoms with Crippen molar-refractivity contribution >= 4 is 5.69 Å². The molecule has 0 aromatic heterocycles. The van der Waals surface area contributed by atoms with Crippen molar-refractivity contribution in [1.82, 2.24) is 0 Å². The van der Waals surface area contributed by atoms with Gasteiger partial charge in [-0.05, 0) is 31.0 Å². The third-order valence-electron chi connectivity index (χ3n) is 3.42. The molecule has 0 radical (unpaired) electrons. The zero-order valence-corrected chi connectivity index (χ0v) is 10.2. The van der Waals surface area contributed by atoms with Crippen LogP contribution in [0.1, 0.15) is 17.5 Å². The molecule has 1 heterocycles. The van der Waals surface area contributed by atoms with Gasteiger partial charge in [0.05, 0.1) is 5.56 Å². The lowest BCUT2D eigenvalue weighted by Crippen LogP contribution is -2.22. The molecule has 1 N–H and O–H groups in total. The Morgan fingerprint density at radius 2 is 2.11 bits per heavy atom. The van der Waals surface area contributed by atoms with E-state index in [1.54, 1.807) is 0 Å². The number of aliphatic hydroxyl groups is 1. The molecule has 1 unspecified atom stereocenters. The number of aliphatic hydroxyl groups excluding tert-OH is 1. The van der Waals surface area contributed by atoms with E-state index in [1.165, 1.54) is 12.1 Å². The summed E-state index contributed by atoms with van der Waals surface area (Å²) in [6.45, 7) is 3.22. The van der Waals surface area contributed by atoms with Crippen LogP contribution < -0.4 is 4.90 Å². The summed E-state index contributed by atoms with van der Waals surface area (Å²) in [6, 6.07) is 3.82. The van der Waals surface area contributed by atoms with Gasteiger partial charge in [-0.15, -0.1) is 0 Å². The fourth-order valence-electron chi connectivity index (χ4n) is 2.33. The topological polar surface area (TPSA) is 23.5 Å². The lowest BCUT2D eigenvalue weighted by Gasteiger charge is -2.22. The minimum atomic E-state index is -4.31. The number of hydrogen-bond donors (Lipinski definition) is 1. The summed E-state index contributed by atoms with van der Waals surface area (Å²) in [5.74, 6) is 0.166. The molecule has 1 aliphatic heterocycles. The van der Waals surface area contributed by atoms with E-state index in [0.717, 1.165) is 18.1 Å². The second kappa shape index (κ2) is 4.80. The summed E-state index contributed by atoms with van der Waals surface area (Å²) in [5.41, 5.74) is 0.845. The molecule has 5 heteroatoms. The average molecular weight is 259 g/mol. The van der Waals surface area contributed by atoms with Crippen LogP contribution in [-0.2, 0) is 6.18 Å². The Bertz CT molecular complexity index is 431. The first kappa shape index (κ1) is 13.2. The number of halogens is 3. The zero-order chi connectivity index (χ0) is 13.3. The quantitative estimate of drug-likeness (QED) is 0.882. The highest BCUT2D eigenvalue weighted by Gasteiger charge is 2.32. The molecule has 0 spiro atoms. The highest BCUT2D eigenvalue weighted by Crippen LogP contribution is 2.34. The molecule has 0 bridgehead atoms. The lowest BCUT2D eigenvalue weighted by atomic mass is 10.1. The summed E-state index contributed by atoms with van der Waals surface area (Å²) in [7, 11) is 0. The van der Waals surface area contributed by atoms with Gasteiger partial charge >= 0.3 is 6.18 Å². The molecule has 1 aromatic rings. The van der Waals surface area contributed by atoms with Crippen molar-refractivity contribution in [3.05, 3.63) is 29.3 Å². The Morgan fingerprint density at radius 3 is 2.67 bits per heavy atom. The Morgan fingerprint density at radius 1 is 1.39 bits per heavy atom. The van der Waals surface area contributed by atoms with Crippen LogP contribution >= 0.6 is 0 Å². The van der Waals surface area contributed by atoms with Gasteiger partial charge in [-0.3, -0.25) is 0 Å². The predicted octanol–water partition coefficient (Wildman–Crippen LogP) is 2.83. The molecular weight excluding hydrogens is 243 g/mol. The van der Waals surface area contributed by atoms with Gasteiger partial charge in [-0.25, -0.2) is 0 Å². The Labute approximate surface area is 104 Å². The van der Waals surface area contributed by atoms with Crippen LogP contribution in [0, 0.1) is 12.8 Å². The molecule has 100 valence electrons. The highest BCUT2D eigenvalue weighted by molar-refractivity contribution is 5.56. The standard InChI is InChI=1S/C13H16F3NO/c1-9-2-3-11(13(14,15)16)6-12(9)17-5-4-10(7-17)8-18/h2-3,6,10,18H,4-5,7-8H2,1H3. The lowest BCUT2D eigenvalue weighted by molar-refractivity contribution is -0.137. The maximum Gasteiger partial charge on any atom is 0.416 e. The summed E-state index contributed by atoms with van der Waals surface area (Å²) in [6.07, 6.45) is -3.48. The SMILES string of the molecule is Cc1ccc(C(F)(F)F)cc1N1CCC(CO)C1. The first-order valence-corrected chi connectivity index (χ1v) is 5.95. The van der Waals surface area contributed by atoms with Crippen LogP contribution in [0.2, 0.25) is 0 Å². The van der Waals surface area contributed by atoms with Crippen LogP contribution in [0.15, 0.2) is 18.2 Å². The van der Waals surface area contributed by atoms with E-state index in [-0.39, 0.29) is 12.5 Å². The van der Waals surface area contributed by atoms with Crippen LogP contribution in [-0.4, -0.2) is 24.8 Å². The van der Waals surface area contributed by atoms with Gasteiger partial charge in [0.1, 0.15) is 0 Å². The van der Waals surface area contributed by atoms with Gasteiger partial charge in [-0.2, -0.15) is 13.2 Å². The van der Waals surface area contributed by atoms with Crippen molar-refractivity contribution in [2.24, 2.45) is 5.92 Å². The number of nitrogens with zero attached hydrogens (tertiary/aromatic N) is 1. The van der Waals surface area contributed by atoms with Gasteiger partial charge in [0.25, 0.3) is 0 Å². The van der Waals surface area contributed by atoms with Crippen molar-refractivity contribution in [2.45, 2.75) is 19.5 Å². The number of rotatable bonds is 2. The van der Waals surface area contributed by atoms with E-state index in [9.17, 15) is 13.2 Å². The van der Waals surface area contributed by atoms with Gasteiger partial charge < -0.3 is 10.0 Å². The molecule has 2 rings (SSSR count). The second-order valence-electron chi connectivity index (χ2n) is 4.78. The summed E-state index contributed by atoms with van der Waals surface area (Å²) >= 11 is 0. The molecule has 0 aliphatic carbocycles. The zero-order valence-electron chi connectivity index (χ0n) is 10.2. The Hall–Kier alpha value is -1.23. The molecule has 1 aliphatic rings. The van der Waals surface area contributed by atoms with Crippen molar-refractivity contribution in [3.63, 3.8) is 0 Å². The largest absolute Gasteiger partial charge is 0.416 e. The Kier molecular flexibility index (Phi) is 3.52. The van der Waals surface area contributed by atoms with Crippen LogP contribution in [0.5, 0.6) is 0 Å². The van der Waals surface area contributed by atoms with E-state index in [1.807, 2.05) is 11.8 Å². The van der Waals surface area contributed by atoms with Crippen LogP contribution in [0.4, 0.5) is 18.9 Å². The first-order valence-electron chi connectivity index (χ1n) is 5.95. The summed E-state index contributed by atoms with van der Waals surface area (Å²) < 4.78 is 38.0. The maximum absolute atomic E-state index is 12.7. The van der Waals surface area contributed by atoms with Gasteiger partial charge in [0.15, 0.2) is 0 Å². The van der Waals surface area contributed by atoms with E-state index in [0.29, 0.717) is 18.8 Å². The molecule has 1 saturated heterocycles. The number of aryl methyl sites for hydroxylation is 1. The van der Waals surface area contributed by atoms with Crippen molar-refractivity contribution in [2.75, 3.05) is 24.6 Å². The predicted molar refractivity (Wildman–Crippen MR) is 63.6 cm³/mol. The molecule has 1 fully saturated rings. The van der Waals surface area contributed by atoms with E-state index in [2.05, 4.69) is 0 Å². The molecule has 2 nitrogen and oxygen atoms in total. The second-order valence-corrected chi connectivity index (χ2v) is 4.78. The number of benzene rings is 1. The van der Waals surface area contributed by atoms with Crippen molar-refractivity contribution in [1.29, 1.82) is 0 Å². The van der Waals surface area contributed by atoms with Crippen molar-refractivity contribution in [3.8, 4) is 0 Å². The average Bonchev–Trinajstić information content (AvgIpc) is 2.76. The van der Waals surface area contributed by atoms with Gasteiger partial charge in [0.2, 0.25) is 0 Å². The summed E-state index contributed by atoms with van der Waals surface area (Å²) in [5, 5.41) is 9.08. The highest BCUT2D eigenvalue weighted by atomic mass is 19.4. The van der Waals surface area contributed by atoms with Gasteiger partial charge in [-0.1, -0.05) is 6.07 Å². The van der Waals surface area contributed by atoms with E-state index in [4.69, 9.17) is 5.11 Å². The molecule has 1 aromatic carbocycles. The molecule has 1 atom stereocenters. The molecule has 0 saturated carbocycles. The fraction of sp³-hybridized carbons (Fsp3) is 0.538.